The largest absolute Gasteiger partial charge is 0.441 e. The van der Waals surface area contributed by atoms with Gasteiger partial charge in [0.25, 0.3) is 0 Å². The van der Waals surface area contributed by atoms with E-state index in [0.29, 0.717) is 23.5 Å². The second-order valence-electron chi connectivity index (χ2n) is 12.2. The van der Waals surface area contributed by atoms with Gasteiger partial charge in [-0.25, -0.2) is 4.79 Å². The van der Waals surface area contributed by atoms with Gasteiger partial charge in [-0.2, -0.15) is 0 Å². The van der Waals surface area contributed by atoms with Crippen LogP contribution in [0.15, 0.2) is 54.6 Å². The zero-order valence-corrected chi connectivity index (χ0v) is 22.9. The fourth-order valence-electron chi connectivity index (χ4n) is 4.90. The highest BCUT2D eigenvalue weighted by Gasteiger charge is 2.52. The summed E-state index contributed by atoms with van der Waals surface area (Å²) in [7, 11) is 0. The Hall–Kier alpha value is -3.93. The van der Waals surface area contributed by atoms with Crippen LogP contribution >= 0.6 is 0 Å². The first-order chi connectivity index (χ1) is 17.7. The number of aryl methyl sites for hydroxylation is 1. The molecule has 1 aliphatic carbocycles. The van der Waals surface area contributed by atoms with Gasteiger partial charge in [0.2, 0.25) is 0 Å². The molecule has 3 aromatic rings. The smallest absolute Gasteiger partial charge is 0.340 e. The van der Waals surface area contributed by atoms with Gasteiger partial charge in [0.1, 0.15) is 11.5 Å². The summed E-state index contributed by atoms with van der Waals surface area (Å²) in [6.45, 7) is 12.7. The van der Waals surface area contributed by atoms with E-state index in [4.69, 9.17) is 14.2 Å². The molecule has 6 nitrogen and oxygen atoms in total. The van der Waals surface area contributed by atoms with Crippen LogP contribution in [0.1, 0.15) is 85.3 Å². The van der Waals surface area contributed by atoms with Crippen LogP contribution in [0.25, 0.3) is 0 Å². The highest BCUT2D eigenvalue weighted by atomic mass is 16.6. The average Bonchev–Trinajstić information content (AvgIpc) is 3.09. The van der Waals surface area contributed by atoms with Gasteiger partial charge < -0.3 is 14.2 Å². The number of hydrogen-bond acceptors (Lipinski definition) is 6. The monoisotopic (exact) mass is 512 g/mol. The van der Waals surface area contributed by atoms with Crippen LogP contribution in [-0.4, -0.2) is 17.9 Å². The molecule has 0 N–H and O–H groups in total. The normalized spacial score (nSPS) is 15.3. The highest BCUT2D eigenvalue weighted by molar-refractivity contribution is 5.97. The van der Waals surface area contributed by atoms with Crippen LogP contribution < -0.4 is 9.47 Å². The molecular formula is C32H32O6. The molecule has 1 spiro atoms. The van der Waals surface area contributed by atoms with Gasteiger partial charge in [0.15, 0.2) is 5.60 Å². The predicted molar refractivity (Wildman–Crippen MR) is 142 cm³/mol. The lowest BCUT2D eigenvalue weighted by atomic mass is 9.71. The first kappa shape index (κ1) is 25.7. The van der Waals surface area contributed by atoms with Crippen molar-refractivity contribution in [1.29, 1.82) is 0 Å². The molecule has 0 saturated carbocycles. The molecule has 0 aromatic heterocycles. The van der Waals surface area contributed by atoms with Crippen LogP contribution in [0.5, 0.6) is 11.5 Å². The van der Waals surface area contributed by atoms with Crippen molar-refractivity contribution in [1.82, 2.24) is 0 Å². The van der Waals surface area contributed by atoms with Crippen molar-refractivity contribution < 1.29 is 28.6 Å². The van der Waals surface area contributed by atoms with Crippen LogP contribution in [0, 0.1) is 17.8 Å². The lowest BCUT2D eigenvalue weighted by Crippen LogP contribution is -2.35. The number of benzene rings is 3. The van der Waals surface area contributed by atoms with Crippen LogP contribution in [0.3, 0.4) is 0 Å². The number of carbonyl (C=O) groups is 3. The summed E-state index contributed by atoms with van der Waals surface area (Å²) in [6.07, 6.45) is 0.479. The summed E-state index contributed by atoms with van der Waals surface area (Å²) >= 11 is 0. The lowest BCUT2D eigenvalue weighted by Gasteiger charge is -2.37. The molecule has 0 saturated heterocycles. The van der Waals surface area contributed by atoms with E-state index in [1.807, 2.05) is 49.4 Å². The Labute approximate surface area is 222 Å². The number of esters is 3. The SMILES string of the molecule is Cc1ccc2c(c1)C(=O)OC21c2ccc(OC(=O)C(C)(C)C)cc2Cc2cc(OC(=O)C(C)(C)C)ccc21. The van der Waals surface area contributed by atoms with Crippen LogP contribution in [0.4, 0.5) is 0 Å². The zero-order valence-electron chi connectivity index (χ0n) is 22.9. The molecule has 1 heterocycles. The van der Waals surface area contributed by atoms with Crippen molar-refractivity contribution in [2.45, 2.75) is 60.5 Å². The van der Waals surface area contributed by atoms with Crippen LogP contribution in [0.2, 0.25) is 0 Å². The first-order valence-electron chi connectivity index (χ1n) is 12.8. The van der Waals surface area contributed by atoms with Gasteiger partial charge in [-0.15, -0.1) is 0 Å². The predicted octanol–water partition coefficient (Wildman–Crippen LogP) is 6.26. The molecule has 2 aliphatic rings. The number of hydrogen-bond donors (Lipinski definition) is 0. The summed E-state index contributed by atoms with van der Waals surface area (Å²) in [5.74, 6) is -0.230. The molecule has 0 radical (unpaired) electrons. The average molecular weight is 513 g/mol. The summed E-state index contributed by atoms with van der Waals surface area (Å²) in [5, 5.41) is 0. The molecule has 6 heteroatoms. The van der Waals surface area contributed by atoms with Gasteiger partial charge in [-0.3, -0.25) is 9.59 Å². The van der Waals surface area contributed by atoms with E-state index in [1.165, 1.54) is 0 Å². The van der Waals surface area contributed by atoms with Gasteiger partial charge in [0.05, 0.1) is 16.4 Å². The van der Waals surface area contributed by atoms with Crippen molar-refractivity contribution in [3.8, 4) is 11.5 Å². The van der Waals surface area contributed by atoms with Crippen molar-refractivity contribution >= 4 is 17.9 Å². The first-order valence-corrected chi connectivity index (χ1v) is 12.8. The molecule has 196 valence electrons. The lowest BCUT2D eigenvalue weighted by molar-refractivity contribution is -0.143. The van der Waals surface area contributed by atoms with E-state index in [0.717, 1.165) is 33.4 Å². The number of rotatable bonds is 2. The van der Waals surface area contributed by atoms with Crippen molar-refractivity contribution in [2.24, 2.45) is 10.8 Å². The Morgan fingerprint density at radius 2 is 1.21 bits per heavy atom. The molecule has 0 amide bonds. The van der Waals surface area contributed by atoms with E-state index in [9.17, 15) is 14.4 Å². The second kappa shape index (κ2) is 8.55. The van der Waals surface area contributed by atoms with E-state index in [-0.39, 0.29) is 11.9 Å². The molecule has 0 unspecified atom stereocenters. The molecule has 1 aliphatic heterocycles. The van der Waals surface area contributed by atoms with Crippen molar-refractivity contribution in [3.05, 3.63) is 93.5 Å². The van der Waals surface area contributed by atoms with Gasteiger partial charge in [0, 0.05) is 16.7 Å². The van der Waals surface area contributed by atoms with Gasteiger partial charge in [-0.1, -0.05) is 29.8 Å². The molecule has 5 rings (SSSR count). The Morgan fingerprint density at radius 1 is 0.737 bits per heavy atom. The van der Waals surface area contributed by atoms with Crippen molar-refractivity contribution in [3.63, 3.8) is 0 Å². The summed E-state index contributed by atoms with van der Waals surface area (Å²) in [6, 6.07) is 16.7. The van der Waals surface area contributed by atoms with Crippen LogP contribution in [-0.2, 0) is 26.3 Å². The molecule has 0 atom stereocenters. The third-order valence-electron chi connectivity index (χ3n) is 6.96. The molecule has 0 bridgehead atoms. The summed E-state index contributed by atoms with van der Waals surface area (Å²) in [5.41, 5.74) is 3.11. The molecular weight excluding hydrogens is 480 g/mol. The van der Waals surface area contributed by atoms with E-state index in [2.05, 4.69) is 0 Å². The summed E-state index contributed by atoms with van der Waals surface area (Å²) in [4.78, 5) is 38.3. The maximum absolute atomic E-state index is 13.2. The Kier molecular flexibility index (Phi) is 5.78. The Morgan fingerprint density at radius 3 is 1.68 bits per heavy atom. The number of fused-ring (bicyclic) bond motifs is 6. The van der Waals surface area contributed by atoms with E-state index in [1.54, 1.807) is 53.7 Å². The Bertz CT molecular complexity index is 1420. The summed E-state index contributed by atoms with van der Waals surface area (Å²) < 4.78 is 17.6. The topological polar surface area (TPSA) is 78.9 Å². The minimum atomic E-state index is -1.16. The fraction of sp³-hybridized carbons (Fsp3) is 0.344. The van der Waals surface area contributed by atoms with E-state index >= 15 is 0 Å². The third-order valence-corrected chi connectivity index (χ3v) is 6.96. The zero-order chi connectivity index (χ0) is 27.6. The van der Waals surface area contributed by atoms with Crippen molar-refractivity contribution in [2.75, 3.05) is 0 Å². The highest BCUT2D eigenvalue weighted by Crippen LogP contribution is 2.53. The van der Waals surface area contributed by atoms with Gasteiger partial charge in [-0.05, 0) is 96.3 Å². The van der Waals surface area contributed by atoms with Gasteiger partial charge >= 0.3 is 17.9 Å². The number of ether oxygens (including phenoxy) is 3. The Balaban J connectivity index is 1.67. The maximum Gasteiger partial charge on any atom is 0.340 e. The third kappa shape index (κ3) is 4.18. The maximum atomic E-state index is 13.2. The standard InChI is InChI=1S/C32H32O6/c1-18-8-11-26-23(14-18)27(33)38-32(26)24-12-9-21(36-28(34)30(2,3)4)16-19(24)15-20-17-22(10-13-25(20)32)37-29(35)31(5,6)7/h8-14,16-17H,15H2,1-7H3. The second-order valence-corrected chi connectivity index (χ2v) is 12.2. The molecule has 0 fully saturated rings. The fourth-order valence-corrected chi connectivity index (χ4v) is 4.90. The van der Waals surface area contributed by atoms with E-state index < -0.39 is 22.4 Å². The number of carbonyl (C=O) groups excluding carboxylic acids is 3. The minimum Gasteiger partial charge on any atom is -0.441 e. The minimum absolute atomic E-state index is 0.340. The molecule has 3 aromatic carbocycles. The molecule has 38 heavy (non-hydrogen) atoms. The quantitative estimate of drug-likeness (QED) is 0.298.